The fourth-order valence-corrected chi connectivity index (χ4v) is 5.76. The zero-order chi connectivity index (χ0) is 18.3. The molecule has 3 nitrogen and oxygen atoms in total. The van der Waals surface area contributed by atoms with E-state index in [-0.39, 0.29) is 6.10 Å². The summed E-state index contributed by atoms with van der Waals surface area (Å²) in [6, 6.07) is 14.8. The first-order chi connectivity index (χ1) is 13.2. The second-order valence-electron chi connectivity index (χ2n) is 8.92. The van der Waals surface area contributed by atoms with Crippen LogP contribution < -0.4 is 0 Å². The average Bonchev–Trinajstić information content (AvgIpc) is 3.28. The van der Waals surface area contributed by atoms with Gasteiger partial charge in [0.05, 0.1) is 12.7 Å². The summed E-state index contributed by atoms with van der Waals surface area (Å²) in [6.07, 6.45) is 7.43. The molecule has 0 amide bonds. The third-order valence-electron chi connectivity index (χ3n) is 7.40. The molecule has 2 aromatic carbocycles. The summed E-state index contributed by atoms with van der Waals surface area (Å²) in [5, 5.41) is 14.4. The molecule has 2 aromatic rings. The van der Waals surface area contributed by atoms with Gasteiger partial charge < -0.3 is 14.7 Å². The molecule has 3 saturated heterocycles. The number of hydrogen-bond donors (Lipinski definition) is 1. The summed E-state index contributed by atoms with van der Waals surface area (Å²) in [7, 11) is 0. The van der Waals surface area contributed by atoms with Gasteiger partial charge in [-0.15, -0.1) is 0 Å². The third kappa shape index (κ3) is 3.20. The molecule has 1 unspecified atom stereocenters. The number of rotatable bonds is 5. The van der Waals surface area contributed by atoms with Gasteiger partial charge in [0.25, 0.3) is 0 Å². The molecule has 3 heterocycles. The van der Waals surface area contributed by atoms with E-state index in [9.17, 15) is 5.11 Å². The fourth-order valence-electron chi connectivity index (χ4n) is 5.76. The molecule has 3 heteroatoms. The quantitative estimate of drug-likeness (QED) is 0.856. The van der Waals surface area contributed by atoms with E-state index in [4.69, 9.17) is 4.74 Å². The smallest absolute Gasteiger partial charge is 0.116 e. The minimum Gasteiger partial charge on any atom is -0.382 e. The van der Waals surface area contributed by atoms with Crippen LogP contribution >= 0.6 is 0 Å². The van der Waals surface area contributed by atoms with Crippen LogP contribution in [0.4, 0.5) is 0 Å². The van der Waals surface area contributed by atoms with E-state index in [1.54, 1.807) is 0 Å². The van der Waals surface area contributed by atoms with Crippen molar-refractivity contribution in [3.8, 4) is 0 Å². The number of ether oxygens (including phenoxy) is 1. The first-order valence-electron chi connectivity index (χ1n) is 10.8. The molecule has 2 atom stereocenters. The summed E-state index contributed by atoms with van der Waals surface area (Å²) in [5.74, 6) is 0.972. The Morgan fingerprint density at radius 2 is 1.70 bits per heavy atom. The minimum absolute atomic E-state index is 0.287. The molecule has 4 fully saturated rings. The van der Waals surface area contributed by atoms with Gasteiger partial charge in [-0.05, 0) is 66.9 Å². The molecule has 1 N–H and O–H groups in total. The Labute approximate surface area is 162 Å². The van der Waals surface area contributed by atoms with Gasteiger partial charge in [0.2, 0.25) is 0 Å². The molecule has 27 heavy (non-hydrogen) atoms. The van der Waals surface area contributed by atoms with Crippen LogP contribution in [-0.2, 0) is 10.3 Å². The lowest BCUT2D eigenvalue weighted by Gasteiger charge is -2.46. The Balaban J connectivity index is 1.46. The predicted molar refractivity (Wildman–Crippen MR) is 109 cm³/mol. The molecule has 1 aliphatic carbocycles. The van der Waals surface area contributed by atoms with E-state index < -0.39 is 5.60 Å². The Bertz CT molecular complexity index is 787. The van der Waals surface area contributed by atoms with Crippen molar-refractivity contribution in [3.05, 3.63) is 48.0 Å². The molecule has 144 valence electrons. The first-order valence-corrected chi connectivity index (χ1v) is 10.8. The van der Waals surface area contributed by atoms with Crippen LogP contribution in [-0.4, -0.2) is 42.4 Å². The van der Waals surface area contributed by atoms with Crippen LogP contribution in [0.5, 0.6) is 0 Å². The zero-order valence-electron chi connectivity index (χ0n) is 16.1. The van der Waals surface area contributed by atoms with Crippen LogP contribution in [0.2, 0.25) is 0 Å². The SMILES string of the molecule is O[C@@](COC1CN2CCC1CC2)(c1cccc2ccccc12)C1CCCC1. The van der Waals surface area contributed by atoms with Crippen molar-refractivity contribution in [2.75, 3.05) is 26.2 Å². The highest BCUT2D eigenvalue weighted by molar-refractivity contribution is 5.86. The first kappa shape index (κ1) is 17.7. The van der Waals surface area contributed by atoms with E-state index in [2.05, 4.69) is 47.4 Å². The van der Waals surface area contributed by atoms with Gasteiger partial charge in [0.15, 0.2) is 0 Å². The molecule has 3 aliphatic heterocycles. The Hall–Kier alpha value is -1.42. The normalized spacial score (nSPS) is 30.6. The number of aliphatic hydroxyl groups is 1. The topological polar surface area (TPSA) is 32.7 Å². The van der Waals surface area contributed by atoms with Crippen LogP contribution in [0, 0.1) is 11.8 Å². The second-order valence-corrected chi connectivity index (χ2v) is 8.92. The average molecular weight is 366 g/mol. The van der Waals surface area contributed by atoms with E-state index in [1.807, 2.05) is 0 Å². The number of benzene rings is 2. The van der Waals surface area contributed by atoms with Crippen molar-refractivity contribution in [2.24, 2.45) is 11.8 Å². The van der Waals surface area contributed by atoms with Crippen molar-refractivity contribution in [3.63, 3.8) is 0 Å². The standard InChI is InChI=1S/C24H31NO2/c26-24(20-8-2-3-9-20,17-27-23-16-25-14-12-19(23)13-15-25)22-11-5-7-18-6-1-4-10-21(18)22/h1,4-7,10-11,19-20,23,26H,2-3,8-9,12-17H2/t23?,24-/m1/s1. The van der Waals surface area contributed by atoms with Crippen molar-refractivity contribution in [1.29, 1.82) is 0 Å². The molecule has 6 rings (SSSR count). The van der Waals surface area contributed by atoms with E-state index in [0.717, 1.165) is 24.9 Å². The summed E-state index contributed by atoms with van der Waals surface area (Å²) in [6.45, 7) is 3.92. The third-order valence-corrected chi connectivity index (χ3v) is 7.40. The van der Waals surface area contributed by atoms with Crippen molar-refractivity contribution >= 4 is 10.8 Å². The van der Waals surface area contributed by atoms with Gasteiger partial charge in [-0.3, -0.25) is 0 Å². The minimum atomic E-state index is -0.886. The molecule has 0 radical (unpaired) electrons. The highest BCUT2D eigenvalue weighted by atomic mass is 16.5. The molecular formula is C24H31NO2. The van der Waals surface area contributed by atoms with E-state index >= 15 is 0 Å². The lowest BCUT2D eigenvalue weighted by atomic mass is 9.78. The summed E-state index contributed by atoms with van der Waals surface area (Å²) in [4.78, 5) is 2.53. The molecule has 0 aromatic heterocycles. The number of fused-ring (bicyclic) bond motifs is 4. The Morgan fingerprint density at radius 3 is 2.44 bits per heavy atom. The highest BCUT2D eigenvalue weighted by Gasteiger charge is 2.43. The summed E-state index contributed by atoms with van der Waals surface area (Å²) < 4.78 is 6.51. The number of nitrogens with zero attached hydrogens (tertiary/aromatic N) is 1. The Kier molecular flexibility index (Phi) is 4.71. The van der Waals surface area contributed by atoms with E-state index in [1.165, 1.54) is 49.5 Å². The van der Waals surface area contributed by atoms with Crippen LogP contribution in [0.1, 0.15) is 44.1 Å². The van der Waals surface area contributed by atoms with Crippen molar-refractivity contribution in [2.45, 2.75) is 50.2 Å². The van der Waals surface area contributed by atoms with Gasteiger partial charge in [-0.2, -0.15) is 0 Å². The predicted octanol–water partition coefficient (Wildman–Crippen LogP) is 4.33. The van der Waals surface area contributed by atoms with Gasteiger partial charge in [0, 0.05) is 6.54 Å². The maximum absolute atomic E-state index is 12.0. The van der Waals surface area contributed by atoms with Gasteiger partial charge in [-0.25, -0.2) is 0 Å². The highest BCUT2D eigenvalue weighted by Crippen LogP contribution is 2.44. The van der Waals surface area contributed by atoms with E-state index in [0.29, 0.717) is 18.4 Å². The second kappa shape index (κ2) is 7.20. The monoisotopic (exact) mass is 365 g/mol. The van der Waals surface area contributed by atoms with Crippen LogP contribution in [0.15, 0.2) is 42.5 Å². The number of hydrogen-bond acceptors (Lipinski definition) is 3. The van der Waals surface area contributed by atoms with Crippen molar-refractivity contribution in [1.82, 2.24) is 4.90 Å². The van der Waals surface area contributed by atoms with Gasteiger partial charge >= 0.3 is 0 Å². The molecule has 1 saturated carbocycles. The van der Waals surface area contributed by atoms with Crippen molar-refractivity contribution < 1.29 is 9.84 Å². The Morgan fingerprint density at radius 1 is 0.963 bits per heavy atom. The number of piperidine rings is 3. The van der Waals surface area contributed by atoms with Gasteiger partial charge in [-0.1, -0.05) is 55.3 Å². The van der Waals surface area contributed by atoms with Gasteiger partial charge in [0.1, 0.15) is 5.60 Å². The zero-order valence-corrected chi connectivity index (χ0v) is 16.1. The lowest BCUT2D eigenvalue weighted by molar-refractivity contribution is -0.143. The molecule has 2 bridgehead atoms. The largest absolute Gasteiger partial charge is 0.382 e. The summed E-state index contributed by atoms with van der Waals surface area (Å²) in [5.41, 5.74) is 0.178. The summed E-state index contributed by atoms with van der Waals surface area (Å²) >= 11 is 0. The molecular weight excluding hydrogens is 334 g/mol. The van der Waals surface area contributed by atoms with Crippen LogP contribution in [0.25, 0.3) is 10.8 Å². The van der Waals surface area contributed by atoms with Crippen LogP contribution in [0.3, 0.4) is 0 Å². The lowest BCUT2D eigenvalue weighted by Crippen LogP contribution is -2.53. The maximum atomic E-state index is 12.0. The fraction of sp³-hybridized carbons (Fsp3) is 0.583. The molecule has 0 spiro atoms. The molecule has 4 aliphatic rings. The maximum Gasteiger partial charge on any atom is 0.116 e.